The molecular weight excluding hydrogens is 273 g/mol. The van der Waals surface area contributed by atoms with E-state index in [9.17, 15) is 0 Å². The molecule has 2 heteroatoms. The molecule has 0 N–H and O–H groups in total. The molecule has 112 valence electrons. The Bertz CT molecular complexity index is 586. The lowest BCUT2D eigenvalue weighted by molar-refractivity contribution is 0.373. The molecule has 0 amide bonds. The number of hydrogen-bond donors (Lipinski definition) is 0. The molecular formula is C19H26NP. The van der Waals surface area contributed by atoms with Gasteiger partial charge in [0.05, 0.1) is 5.69 Å². The van der Waals surface area contributed by atoms with Gasteiger partial charge in [-0.05, 0) is 29.9 Å². The fourth-order valence-corrected chi connectivity index (χ4v) is 4.58. The number of benzene rings is 1. The molecule has 0 atom stereocenters. The van der Waals surface area contributed by atoms with Crippen molar-refractivity contribution in [1.29, 1.82) is 0 Å². The highest BCUT2D eigenvalue weighted by Gasteiger charge is 2.24. The lowest BCUT2D eigenvalue weighted by Gasteiger charge is -2.25. The van der Waals surface area contributed by atoms with Gasteiger partial charge in [0.2, 0.25) is 0 Å². The van der Waals surface area contributed by atoms with Gasteiger partial charge < -0.3 is 4.33 Å². The van der Waals surface area contributed by atoms with Gasteiger partial charge in [-0.1, -0.05) is 70.4 Å². The summed E-state index contributed by atoms with van der Waals surface area (Å²) in [7, 11) is 1.41. The molecule has 1 heterocycles. The van der Waals surface area contributed by atoms with E-state index >= 15 is 0 Å². The molecule has 3 rings (SSSR count). The Morgan fingerprint density at radius 1 is 1.00 bits per heavy atom. The second-order valence-corrected chi connectivity index (χ2v) is 8.38. The van der Waals surface area contributed by atoms with Gasteiger partial charge in [-0.25, -0.2) is 0 Å². The molecule has 0 unspecified atom stereocenters. The molecule has 1 aliphatic rings. The third kappa shape index (κ3) is 3.24. The van der Waals surface area contributed by atoms with Crippen LogP contribution in [0.5, 0.6) is 0 Å². The third-order valence-electron chi connectivity index (χ3n) is 4.49. The van der Waals surface area contributed by atoms with Gasteiger partial charge in [-0.2, -0.15) is 0 Å². The molecule has 1 aliphatic carbocycles. The minimum absolute atomic E-state index is 0.255. The number of nitrogens with zero attached hydrogens (tertiary/aromatic N) is 1. The molecule has 0 bridgehead atoms. The first-order valence-electron chi connectivity index (χ1n) is 8.21. The van der Waals surface area contributed by atoms with Crippen LogP contribution in [0.25, 0.3) is 11.3 Å². The normalized spacial score (nSPS) is 17.5. The molecule has 1 nitrogen and oxygen atoms in total. The van der Waals surface area contributed by atoms with E-state index in [1.54, 1.807) is 5.30 Å². The first-order chi connectivity index (χ1) is 10.1. The van der Waals surface area contributed by atoms with E-state index in [0.29, 0.717) is 0 Å². The highest BCUT2D eigenvalue weighted by Crippen LogP contribution is 2.42. The maximum absolute atomic E-state index is 2.66. The van der Waals surface area contributed by atoms with Crippen molar-refractivity contribution in [3.8, 4) is 11.3 Å². The largest absolute Gasteiger partial charge is 0.320 e. The second-order valence-electron chi connectivity index (χ2n) is 7.27. The van der Waals surface area contributed by atoms with Crippen LogP contribution in [-0.2, 0) is 5.41 Å². The summed E-state index contributed by atoms with van der Waals surface area (Å²) in [5.41, 5.74) is 3.06. The molecule has 21 heavy (non-hydrogen) atoms. The van der Waals surface area contributed by atoms with E-state index in [0.717, 1.165) is 6.04 Å². The Balaban J connectivity index is 2.06. The summed E-state index contributed by atoms with van der Waals surface area (Å²) in [6.45, 7) is 7.00. The summed E-state index contributed by atoms with van der Waals surface area (Å²) < 4.78 is 2.66. The van der Waals surface area contributed by atoms with Gasteiger partial charge in [0.15, 0.2) is 0 Å². The van der Waals surface area contributed by atoms with Crippen molar-refractivity contribution in [1.82, 2.24) is 4.33 Å². The lowest BCUT2D eigenvalue weighted by atomic mass is 9.93. The van der Waals surface area contributed by atoms with Crippen molar-refractivity contribution in [2.45, 2.75) is 64.3 Å². The first-order valence-corrected chi connectivity index (χ1v) is 9.06. The SMILES string of the molecule is CC(C)(C)c1cc(-c2ccccc2)n(C2CCCCC2)p1. The van der Waals surface area contributed by atoms with Crippen molar-refractivity contribution in [3.63, 3.8) is 0 Å². The fourth-order valence-electron chi connectivity index (χ4n) is 3.19. The zero-order valence-corrected chi connectivity index (χ0v) is 14.4. The Morgan fingerprint density at radius 2 is 1.67 bits per heavy atom. The van der Waals surface area contributed by atoms with Gasteiger partial charge in [0.25, 0.3) is 0 Å². The maximum Gasteiger partial charge on any atom is 0.0526 e. The van der Waals surface area contributed by atoms with Crippen LogP contribution in [0.3, 0.4) is 0 Å². The molecule has 0 spiro atoms. The quantitative estimate of drug-likeness (QED) is 0.593. The standard InChI is InChI=1S/C19H26NP/c1-19(2,3)18-14-17(15-10-6-4-7-11-15)20(21-18)16-12-8-5-9-13-16/h4,6-7,10-11,14,16H,5,8-9,12-13H2,1-3H3. The second kappa shape index (κ2) is 5.97. The van der Waals surface area contributed by atoms with Crippen molar-refractivity contribution in [2.24, 2.45) is 0 Å². The summed E-state index contributed by atoms with van der Waals surface area (Å²) in [5, 5.41) is 1.55. The lowest BCUT2D eigenvalue weighted by Crippen LogP contribution is -2.11. The molecule has 1 aromatic heterocycles. The predicted octanol–water partition coefficient (Wildman–Crippen LogP) is 6.54. The summed E-state index contributed by atoms with van der Waals surface area (Å²) in [5.74, 6) is 0. The minimum atomic E-state index is 0.255. The zero-order chi connectivity index (χ0) is 14.9. The van der Waals surface area contributed by atoms with Crippen molar-refractivity contribution in [2.75, 3.05) is 0 Å². The van der Waals surface area contributed by atoms with Crippen LogP contribution in [0.15, 0.2) is 36.4 Å². The Hall–Kier alpha value is -1.07. The van der Waals surface area contributed by atoms with Gasteiger partial charge in [0.1, 0.15) is 0 Å². The van der Waals surface area contributed by atoms with Crippen LogP contribution in [0.1, 0.15) is 64.2 Å². The van der Waals surface area contributed by atoms with Crippen molar-refractivity contribution in [3.05, 3.63) is 41.7 Å². The number of aromatic nitrogens is 1. The minimum Gasteiger partial charge on any atom is -0.320 e. The van der Waals surface area contributed by atoms with Gasteiger partial charge in [-0.3, -0.25) is 0 Å². The van der Waals surface area contributed by atoms with Crippen LogP contribution in [0.2, 0.25) is 0 Å². The number of rotatable bonds is 2. The van der Waals surface area contributed by atoms with Crippen LogP contribution >= 0.6 is 8.35 Å². The van der Waals surface area contributed by atoms with E-state index in [1.165, 1.54) is 51.7 Å². The van der Waals surface area contributed by atoms with Crippen molar-refractivity contribution < 1.29 is 0 Å². The Labute approximate surface area is 130 Å². The third-order valence-corrected chi connectivity index (χ3v) is 6.27. The summed E-state index contributed by atoms with van der Waals surface area (Å²) in [6, 6.07) is 14.1. The van der Waals surface area contributed by atoms with Crippen LogP contribution in [0.4, 0.5) is 0 Å². The Morgan fingerprint density at radius 3 is 2.29 bits per heavy atom. The molecule has 0 saturated heterocycles. The Kier molecular flexibility index (Phi) is 4.22. The highest BCUT2D eigenvalue weighted by atomic mass is 31.0. The molecule has 1 saturated carbocycles. The average molecular weight is 299 g/mol. The van der Waals surface area contributed by atoms with Crippen LogP contribution < -0.4 is 0 Å². The molecule has 0 radical (unpaired) electrons. The van der Waals surface area contributed by atoms with Gasteiger partial charge in [-0.15, -0.1) is 0 Å². The van der Waals surface area contributed by atoms with E-state index in [4.69, 9.17) is 0 Å². The van der Waals surface area contributed by atoms with E-state index < -0.39 is 0 Å². The van der Waals surface area contributed by atoms with Gasteiger partial charge in [0, 0.05) is 19.7 Å². The predicted molar refractivity (Wildman–Crippen MR) is 93.2 cm³/mol. The zero-order valence-electron chi connectivity index (χ0n) is 13.5. The van der Waals surface area contributed by atoms with E-state index in [-0.39, 0.29) is 5.41 Å². The molecule has 1 aromatic carbocycles. The first kappa shape index (κ1) is 14.9. The number of hydrogen-bond acceptors (Lipinski definition) is 0. The maximum atomic E-state index is 2.66. The average Bonchev–Trinajstić information content (AvgIpc) is 2.94. The van der Waals surface area contributed by atoms with Crippen LogP contribution in [0, 0.1) is 0 Å². The van der Waals surface area contributed by atoms with Gasteiger partial charge >= 0.3 is 0 Å². The molecule has 0 aliphatic heterocycles. The van der Waals surface area contributed by atoms with E-state index in [2.05, 4.69) is 61.5 Å². The van der Waals surface area contributed by atoms with Crippen LogP contribution in [-0.4, -0.2) is 4.33 Å². The summed E-state index contributed by atoms with van der Waals surface area (Å²) in [6.07, 6.45) is 6.91. The summed E-state index contributed by atoms with van der Waals surface area (Å²) in [4.78, 5) is 0. The monoisotopic (exact) mass is 299 g/mol. The molecule has 2 aromatic rings. The summed E-state index contributed by atoms with van der Waals surface area (Å²) >= 11 is 0. The highest BCUT2D eigenvalue weighted by molar-refractivity contribution is 7.27. The van der Waals surface area contributed by atoms with E-state index in [1.807, 2.05) is 0 Å². The molecule has 1 fully saturated rings. The fraction of sp³-hybridized carbons (Fsp3) is 0.526. The topological polar surface area (TPSA) is 4.93 Å². The van der Waals surface area contributed by atoms with Crippen molar-refractivity contribution >= 4 is 8.35 Å². The smallest absolute Gasteiger partial charge is 0.0526 e.